The third kappa shape index (κ3) is 5.91. The maximum absolute atomic E-state index is 4.29. The second kappa shape index (κ2) is 10.6. The summed E-state index contributed by atoms with van der Waals surface area (Å²) in [5, 5.41) is 11.0. The molecule has 138 valence electrons. The highest BCUT2D eigenvalue weighted by Gasteiger charge is 2.04. The monoisotopic (exact) mass is 464 g/mol. The molecule has 0 aliphatic heterocycles. The Morgan fingerprint density at radius 2 is 1.77 bits per heavy atom. The number of benzene rings is 1. The van der Waals surface area contributed by atoms with Crippen molar-refractivity contribution in [2.24, 2.45) is 4.99 Å². The first-order chi connectivity index (χ1) is 12.3. The van der Waals surface area contributed by atoms with Crippen molar-refractivity contribution in [2.75, 3.05) is 13.6 Å². The summed E-state index contributed by atoms with van der Waals surface area (Å²) in [5.74, 6) is 0.807. The van der Waals surface area contributed by atoms with Gasteiger partial charge in [-0.15, -0.1) is 24.0 Å². The molecule has 26 heavy (non-hydrogen) atoms. The van der Waals surface area contributed by atoms with Gasteiger partial charge in [0, 0.05) is 51.5 Å². The van der Waals surface area contributed by atoms with Crippen LogP contribution in [0.3, 0.4) is 0 Å². The van der Waals surface area contributed by atoms with E-state index in [0.29, 0.717) is 0 Å². The average molecular weight is 464 g/mol. The summed E-state index contributed by atoms with van der Waals surface area (Å²) in [5.41, 5.74) is 2.49. The number of halogens is 1. The van der Waals surface area contributed by atoms with Crippen molar-refractivity contribution >= 4 is 29.9 Å². The van der Waals surface area contributed by atoms with Gasteiger partial charge in [-0.25, -0.2) is 0 Å². The van der Waals surface area contributed by atoms with Crippen molar-refractivity contribution in [1.82, 2.24) is 25.0 Å². The van der Waals surface area contributed by atoms with Gasteiger partial charge in [-0.2, -0.15) is 5.10 Å². The largest absolute Gasteiger partial charge is 0.355 e. The standard InChI is InChI=1S/C19H24N6.HI/c1-20-19(21-10-14-24-11-4-5-12-24)22-15-17-7-2-3-8-18(17)16-25-13-6-9-23-25;/h2-9,11-13H,10,14-16H2,1H3,(H2,20,21,22);1H. The zero-order chi connectivity index (χ0) is 17.3. The van der Waals surface area contributed by atoms with Crippen LogP contribution in [0.25, 0.3) is 0 Å². The van der Waals surface area contributed by atoms with Crippen LogP contribution >= 0.6 is 24.0 Å². The van der Waals surface area contributed by atoms with Crippen LogP contribution in [0.1, 0.15) is 11.1 Å². The molecule has 0 aliphatic rings. The van der Waals surface area contributed by atoms with E-state index in [9.17, 15) is 0 Å². The van der Waals surface area contributed by atoms with E-state index in [1.807, 2.05) is 29.1 Å². The number of nitrogens with one attached hydrogen (secondary N) is 2. The molecule has 0 radical (unpaired) electrons. The van der Waals surface area contributed by atoms with Crippen LogP contribution in [0.2, 0.25) is 0 Å². The lowest BCUT2D eigenvalue weighted by atomic mass is 10.1. The van der Waals surface area contributed by atoms with Crippen LogP contribution in [-0.4, -0.2) is 33.9 Å². The van der Waals surface area contributed by atoms with E-state index < -0.39 is 0 Å². The van der Waals surface area contributed by atoms with Gasteiger partial charge >= 0.3 is 0 Å². The van der Waals surface area contributed by atoms with Gasteiger partial charge in [-0.3, -0.25) is 9.67 Å². The molecule has 0 atom stereocenters. The molecule has 0 amide bonds. The summed E-state index contributed by atoms with van der Waals surface area (Å²) in [6.07, 6.45) is 7.90. The van der Waals surface area contributed by atoms with Crippen LogP contribution in [0.5, 0.6) is 0 Å². The van der Waals surface area contributed by atoms with Crippen molar-refractivity contribution in [3.05, 3.63) is 78.4 Å². The summed E-state index contributed by atoms with van der Waals surface area (Å²) in [6.45, 7) is 3.22. The molecule has 6 nitrogen and oxygen atoms in total. The Morgan fingerprint density at radius 3 is 2.46 bits per heavy atom. The molecule has 0 aliphatic carbocycles. The van der Waals surface area contributed by atoms with Crippen LogP contribution in [-0.2, 0) is 19.6 Å². The second-order valence-electron chi connectivity index (χ2n) is 5.75. The minimum absolute atomic E-state index is 0. The normalized spacial score (nSPS) is 11.0. The minimum Gasteiger partial charge on any atom is -0.355 e. The Balaban J connectivity index is 0.00000243. The van der Waals surface area contributed by atoms with Crippen LogP contribution in [0.15, 0.2) is 72.2 Å². The fourth-order valence-electron chi connectivity index (χ4n) is 2.67. The average Bonchev–Trinajstić information content (AvgIpc) is 3.33. The van der Waals surface area contributed by atoms with E-state index >= 15 is 0 Å². The summed E-state index contributed by atoms with van der Waals surface area (Å²) >= 11 is 0. The van der Waals surface area contributed by atoms with Crippen molar-refractivity contribution in [2.45, 2.75) is 19.6 Å². The zero-order valence-electron chi connectivity index (χ0n) is 14.9. The van der Waals surface area contributed by atoms with Crippen molar-refractivity contribution in [3.63, 3.8) is 0 Å². The zero-order valence-corrected chi connectivity index (χ0v) is 17.2. The van der Waals surface area contributed by atoms with Crippen LogP contribution in [0.4, 0.5) is 0 Å². The highest BCUT2D eigenvalue weighted by Crippen LogP contribution is 2.10. The van der Waals surface area contributed by atoms with Gasteiger partial charge in [0.15, 0.2) is 5.96 Å². The van der Waals surface area contributed by atoms with Crippen LogP contribution in [0, 0.1) is 0 Å². The van der Waals surface area contributed by atoms with E-state index in [4.69, 9.17) is 0 Å². The Labute approximate surface area is 171 Å². The molecule has 1 aromatic carbocycles. The molecule has 7 heteroatoms. The van der Waals surface area contributed by atoms with Gasteiger partial charge in [0.1, 0.15) is 0 Å². The number of hydrogen-bond donors (Lipinski definition) is 2. The first kappa shape index (κ1) is 20.0. The van der Waals surface area contributed by atoms with Gasteiger partial charge in [-0.1, -0.05) is 24.3 Å². The molecule has 2 heterocycles. The predicted molar refractivity (Wildman–Crippen MR) is 116 cm³/mol. The van der Waals surface area contributed by atoms with Crippen molar-refractivity contribution < 1.29 is 0 Å². The fraction of sp³-hybridized carbons (Fsp3) is 0.263. The van der Waals surface area contributed by atoms with E-state index in [2.05, 4.69) is 62.0 Å². The first-order valence-electron chi connectivity index (χ1n) is 8.44. The van der Waals surface area contributed by atoms with Crippen molar-refractivity contribution in [3.8, 4) is 0 Å². The van der Waals surface area contributed by atoms with Gasteiger partial charge in [-0.05, 0) is 29.3 Å². The Bertz CT molecular complexity index is 780. The lowest BCUT2D eigenvalue weighted by Gasteiger charge is -2.14. The highest BCUT2D eigenvalue weighted by atomic mass is 127. The third-order valence-electron chi connectivity index (χ3n) is 4.01. The number of aliphatic imine (C=N–C) groups is 1. The van der Waals surface area contributed by atoms with Crippen molar-refractivity contribution in [1.29, 1.82) is 0 Å². The van der Waals surface area contributed by atoms with E-state index in [1.165, 1.54) is 11.1 Å². The summed E-state index contributed by atoms with van der Waals surface area (Å²) < 4.78 is 4.07. The number of guanidine groups is 1. The lowest BCUT2D eigenvalue weighted by Crippen LogP contribution is -2.38. The SMILES string of the molecule is CN=C(NCCn1cccc1)NCc1ccccc1Cn1cccn1.I. The Hall–Kier alpha value is -2.29. The number of rotatable bonds is 7. The van der Waals surface area contributed by atoms with Gasteiger partial charge in [0.2, 0.25) is 0 Å². The lowest BCUT2D eigenvalue weighted by molar-refractivity contribution is 0.661. The Kier molecular flexibility index (Phi) is 8.20. The maximum Gasteiger partial charge on any atom is 0.191 e. The molecule has 0 fully saturated rings. The third-order valence-corrected chi connectivity index (χ3v) is 4.01. The van der Waals surface area contributed by atoms with E-state index in [1.54, 1.807) is 13.2 Å². The molecule has 0 unspecified atom stereocenters. The highest BCUT2D eigenvalue weighted by molar-refractivity contribution is 14.0. The number of hydrogen-bond acceptors (Lipinski definition) is 2. The predicted octanol–water partition coefficient (Wildman–Crippen LogP) is 2.72. The van der Waals surface area contributed by atoms with Gasteiger partial charge < -0.3 is 15.2 Å². The molecular weight excluding hydrogens is 439 g/mol. The molecule has 0 saturated carbocycles. The first-order valence-corrected chi connectivity index (χ1v) is 8.44. The van der Waals surface area contributed by atoms with E-state index in [-0.39, 0.29) is 24.0 Å². The summed E-state index contributed by atoms with van der Waals surface area (Å²) in [6, 6.07) is 14.4. The van der Waals surface area contributed by atoms with Crippen LogP contribution < -0.4 is 10.6 Å². The summed E-state index contributed by atoms with van der Waals surface area (Å²) in [4.78, 5) is 4.29. The van der Waals surface area contributed by atoms with Gasteiger partial charge in [0.25, 0.3) is 0 Å². The number of nitrogens with zero attached hydrogens (tertiary/aromatic N) is 4. The molecule has 0 spiro atoms. The molecule has 3 aromatic rings. The maximum atomic E-state index is 4.29. The number of aromatic nitrogens is 3. The quantitative estimate of drug-likeness (QED) is 0.321. The molecular formula is C19H25IN6. The second-order valence-corrected chi connectivity index (χ2v) is 5.75. The molecule has 3 rings (SSSR count). The topological polar surface area (TPSA) is 59.2 Å². The van der Waals surface area contributed by atoms with Gasteiger partial charge in [0.05, 0.1) is 6.54 Å². The molecule has 2 N–H and O–H groups in total. The Morgan fingerprint density at radius 1 is 1.00 bits per heavy atom. The van der Waals surface area contributed by atoms with E-state index in [0.717, 1.165) is 32.1 Å². The smallest absolute Gasteiger partial charge is 0.191 e. The molecule has 2 aromatic heterocycles. The molecule has 0 bridgehead atoms. The minimum atomic E-state index is 0. The molecule has 0 saturated heterocycles. The fourth-order valence-corrected chi connectivity index (χ4v) is 2.67. The summed E-state index contributed by atoms with van der Waals surface area (Å²) in [7, 11) is 1.79.